The molecule has 90 valence electrons. The zero-order chi connectivity index (χ0) is 12.5. The molecule has 0 aliphatic heterocycles. The Balaban J connectivity index is 2.43. The molecule has 0 saturated carbocycles. The molecule has 0 saturated heterocycles. The van der Waals surface area contributed by atoms with Gasteiger partial charge in [-0.15, -0.1) is 5.10 Å². The Hall–Kier alpha value is -1.40. The number of hydrogen-bond donors (Lipinski definition) is 0. The molecule has 17 heavy (non-hydrogen) atoms. The highest BCUT2D eigenvalue weighted by Crippen LogP contribution is 2.22. The minimum absolute atomic E-state index is 0.0792. The maximum Gasteiger partial charge on any atom is 0.335 e. The number of aromatic nitrogens is 2. The van der Waals surface area contributed by atoms with Crippen molar-refractivity contribution < 1.29 is 12.8 Å². The Morgan fingerprint density at radius 2 is 2.12 bits per heavy atom. The van der Waals surface area contributed by atoms with E-state index in [9.17, 15) is 8.42 Å². The van der Waals surface area contributed by atoms with Crippen molar-refractivity contribution in [2.45, 2.75) is 12.1 Å². The molecule has 1 heterocycles. The van der Waals surface area contributed by atoms with Gasteiger partial charge in [-0.25, -0.2) is 8.42 Å². The Labute approximate surface area is 103 Å². The third kappa shape index (κ3) is 2.48. The van der Waals surface area contributed by atoms with Crippen LogP contribution in [0.2, 0.25) is 5.02 Å². The maximum atomic E-state index is 11.5. The Morgan fingerprint density at radius 1 is 1.35 bits per heavy atom. The van der Waals surface area contributed by atoms with Gasteiger partial charge in [-0.1, -0.05) is 29.7 Å². The summed E-state index contributed by atoms with van der Waals surface area (Å²) in [6.07, 6.45) is 0. The van der Waals surface area contributed by atoms with E-state index in [0.29, 0.717) is 10.6 Å². The molecular formula is C10H9ClN2O3S. The molecule has 1 aromatic heterocycles. The van der Waals surface area contributed by atoms with Crippen LogP contribution >= 0.6 is 11.6 Å². The van der Waals surface area contributed by atoms with Crippen LogP contribution in [-0.4, -0.2) is 24.4 Å². The van der Waals surface area contributed by atoms with E-state index in [2.05, 4.69) is 10.2 Å². The minimum Gasteiger partial charge on any atom is -0.408 e. The van der Waals surface area contributed by atoms with Crippen LogP contribution in [0.4, 0.5) is 0 Å². The van der Waals surface area contributed by atoms with Gasteiger partial charge in [-0.3, -0.25) is 0 Å². The van der Waals surface area contributed by atoms with Crippen LogP contribution in [0.1, 0.15) is 6.92 Å². The van der Waals surface area contributed by atoms with Gasteiger partial charge in [-0.05, 0) is 18.2 Å². The molecule has 0 fully saturated rings. The first-order valence-corrected chi connectivity index (χ1v) is 6.88. The summed E-state index contributed by atoms with van der Waals surface area (Å²) in [5.74, 6) is 0.0593. The molecule has 2 rings (SSSR count). The lowest BCUT2D eigenvalue weighted by Gasteiger charge is -1.95. The van der Waals surface area contributed by atoms with Crippen molar-refractivity contribution in [3.8, 4) is 11.5 Å². The van der Waals surface area contributed by atoms with E-state index < -0.39 is 9.84 Å². The third-order valence-electron chi connectivity index (χ3n) is 2.12. The quantitative estimate of drug-likeness (QED) is 0.856. The van der Waals surface area contributed by atoms with Gasteiger partial charge in [-0.2, -0.15) is 0 Å². The van der Waals surface area contributed by atoms with E-state index in [0.717, 1.165) is 0 Å². The molecule has 0 radical (unpaired) electrons. The Bertz CT molecular complexity index is 637. The van der Waals surface area contributed by atoms with Crippen molar-refractivity contribution in [3.63, 3.8) is 0 Å². The zero-order valence-electron chi connectivity index (χ0n) is 8.92. The molecule has 0 amide bonds. The second-order valence-electron chi connectivity index (χ2n) is 3.29. The molecule has 7 heteroatoms. The Morgan fingerprint density at radius 3 is 2.76 bits per heavy atom. The standard InChI is InChI=1S/C10H9ClN2O3S/c1-2-17(14,15)10-13-12-9(16-10)7-4-3-5-8(11)6-7/h3-6H,2H2,1H3. The first-order valence-electron chi connectivity index (χ1n) is 4.85. The van der Waals surface area contributed by atoms with Crippen LogP contribution < -0.4 is 0 Å². The van der Waals surface area contributed by atoms with Crippen molar-refractivity contribution >= 4 is 21.4 Å². The van der Waals surface area contributed by atoms with E-state index in [4.69, 9.17) is 16.0 Å². The summed E-state index contributed by atoms with van der Waals surface area (Å²) < 4.78 is 28.1. The van der Waals surface area contributed by atoms with Crippen molar-refractivity contribution in [2.24, 2.45) is 0 Å². The lowest BCUT2D eigenvalue weighted by Crippen LogP contribution is -2.03. The van der Waals surface area contributed by atoms with Crippen LogP contribution in [-0.2, 0) is 9.84 Å². The van der Waals surface area contributed by atoms with Crippen LogP contribution in [0.3, 0.4) is 0 Å². The smallest absolute Gasteiger partial charge is 0.335 e. The summed E-state index contributed by atoms with van der Waals surface area (Å²) >= 11 is 5.81. The van der Waals surface area contributed by atoms with Gasteiger partial charge >= 0.3 is 5.22 Å². The van der Waals surface area contributed by atoms with E-state index in [1.165, 1.54) is 6.92 Å². The van der Waals surface area contributed by atoms with Crippen LogP contribution in [0, 0.1) is 0 Å². The molecule has 2 aromatic rings. The molecule has 0 aliphatic carbocycles. The highest BCUT2D eigenvalue weighted by Gasteiger charge is 2.20. The predicted octanol–water partition coefficient (Wildman–Crippen LogP) is 2.18. The van der Waals surface area contributed by atoms with Gasteiger partial charge in [0.2, 0.25) is 15.7 Å². The van der Waals surface area contributed by atoms with Gasteiger partial charge in [0.15, 0.2) is 0 Å². The number of sulfone groups is 1. The first-order chi connectivity index (χ1) is 8.03. The van der Waals surface area contributed by atoms with Crippen LogP contribution in [0.15, 0.2) is 33.9 Å². The molecule has 0 atom stereocenters. The first kappa shape index (κ1) is 12.1. The average molecular weight is 273 g/mol. The van der Waals surface area contributed by atoms with E-state index in [-0.39, 0.29) is 16.9 Å². The van der Waals surface area contributed by atoms with Crippen molar-refractivity contribution in [1.82, 2.24) is 10.2 Å². The summed E-state index contributed by atoms with van der Waals surface area (Å²) in [6, 6.07) is 6.75. The van der Waals surface area contributed by atoms with Crippen LogP contribution in [0.25, 0.3) is 11.5 Å². The predicted molar refractivity (Wildman–Crippen MR) is 62.5 cm³/mol. The van der Waals surface area contributed by atoms with Gasteiger partial charge < -0.3 is 4.42 Å². The van der Waals surface area contributed by atoms with E-state index in [1.54, 1.807) is 24.3 Å². The van der Waals surface area contributed by atoms with Crippen molar-refractivity contribution in [3.05, 3.63) is 29.3 Å². The number of benzene rings is 1. The zero-order valence-corrected chi connectivity index (χ0v) is 10.5. The summed E-state index contributed by atoms with van der Waals surface area (Å²) in [7, 11) is -3.47. The number of nitrogens with zero attached hydrogens (tertiary/aromatic N) is 2. The molecule has 0 bridgehead atoms. The Kier molecular flexibility index (Phi) is 3.17. The molecule has 5 nitrogen and oxygen atoms in total. The molecular weight excluding hydrogens is 264 g/mol. The molecule has 1 aromatic carbocycles. The monoisotopic (exact) mass is 272 g/mol. The topological polar surface area (TPSA) is 73.1 Å². The third-order valence-corrected chi connectivity index (χ3v) is 3.82. The normalized spacial score (nSPS) is 11.6. The fraction of sp³-hybridized carbons (Fsp3) is 0.200. The summed E-state index contributed by atoms with van der Waals surface area (Å²) in [5.41, 5.74) is 0.586. The fourth-order valence-corrected chi connectivity index (χ4v) is 2.01. The second-order valence-corrected chi connectivity index (χ2v) is 5.88. The average Bonchev–Trinajstić information content (AvgIpc) is 2.79. The summed E-state index contributed by atoms with van der Waals surface area (Å²) in [5, 5.41) is 7.35. The molecule has 0 aliphatic rings. The van der Waals surface area contributed by atoms with Gasteiger partial charge in [0.1, 0.15) is 0 Å². The van der Waals surface area contributed by atoms with Gasteiger partial charge in [0, 0.05) is 10.6 Å². The van der Waals surface area contributed by atoms with Gasteiger partial charge in [0.25, 0.3) is 0 Å². The fourth-order valence-electron chi connectivity index (χ4n) is 1.20. The highest BCUT2D eigenvalue weighted by molar-refractivity contribution is 7.91. The van der Waals surface area contributed by atoms with Crippen LogP contribution in [0.5, 0.6) is 0 Å². The number of halogens is 1. The van der Waals surface area contributed by atoms with E-state index in [1.807, 2.05) is 0 Å². The lowest BCUT2D eigenvalue weighted by molar-refractivity contribution is 0.440. The lowest BCUT2D eigenvalue weighted by atomic mass is 10.2. The number of rotatable bonds is 3. The number of hydrogen-bond acceptors (Lipinski definition) is 5. The molecule has 0 N–H and O–H groups in total. The highest BCUT2D eigenvalue weighted by atomic mass is 35.5. The summed E-state index contributed by atoms with van der Waals surface area (Å²) in [6.45, 7) is 1.51. The van der Waals surface area contributed by atoms with Crippen molar-refractivity contribution in [2.75, 3.05) is 5.75 Å². The van der Waals surface area contributed by atoms with E-state index >= 15 is 0 Å². The van der Waals surface area contributed by atoms with Crippen molar-refractivity contribution in [1.29, 1.82) is 0 Å². The SMILES string of the molecule is CCS(=O)(=O)c1nnc(-c2cccc(Cl)c2)o1. The molecule has 0 spiro atoms. The maximum absolute atomic E-state index is 11.5. The minimum atomic E-state index is -3.47. The second kappa shape index (κ2) is 4.46. The summed E-state index contributed by atoms with van der Waals surface area (Å²) in [4.78, 5) is 0. The van der Waals surface area contributed by atoms with Gasteiger partial charge in [0.05, 0.1) is 5.75 Å². The molecule has 0 unspecified atom stereocenters. The largest absolute Gasteiger partial charge is 0.408 e.